The van der Waals surface area contributed by atoms with Crippen molar-refractivity contribution in [2.45, 2.75) is 51.9 Å². The van der Waals surface area contributed by atoms with E-state index >= 15 is 0 Å². The molecule has 0 bridgehead atoms. The molecule has 3 aromatic rings. The molecule has 1 saturated carbocycles. The minimum absolute atomic E-state index is 0.826. The van der Waals surface area contributed by atoms with Gasteiger partial charge in [0, 0.05) is 0 Å². The molecule has 0 atom stereocenters. The standard InChI is InChI=1S/C24H27.2ClH.Zr/c1-2-6-18-11-13-21(14-12-18)23-10-5-9-22-16-20(17-24(22)23)15-19-7-3-4-8-19;;;/h5,9-14,16-17,19H,2-4,6-8,15H2,1H3;2*1H;/q-1;;;+2/p-2. The molecule has 0 aromatic heterocycles. The van der Waals surface area contributed by atoms with Crippen molar-refractivity contribution in [3.63, 3.8) is 0 Å². The Kier molecular flexibility index (Phi) is 8.57. The second kappa shape index (κ2) is 10.9. The molecule has 0 radical (unpaired) electrons. The second-order valence-corrected chi connectivity index (χ2v) is 11.3. The topological polar surface area (TPSA) is 0 Å². The van der Waals surface area contributed by atoms with E-state index in [9.17, 15) is 0 Å². The molecule has 3 heteroatoms. The summed E-state index contributed by atoms with van der Waals surface area (Å²) in [5, 5.41) is 2.83. The van der Waals surface area contributed by atoms with E-state index in [1.165, 1.54) is 78.0 Å². The number of hydrogen-bond acceptors (Lipinski definition) is 0. The Morgan fingerprint density at radius 1 is 1.04 bits per heavy atom. The Morgan fingerprint density at radius 3 is 2.41 bits per heavy atom. The van der Waals surface area contributed by atoms with E-state index in [2.05, 4.69) is 61.5 Å². The van der Waals surface area contributed by atoms with Crippen LogP contribution >= 0.6 is 17.0 Å². The molecule has 1 aliphatic carbocycles. The molecule has 0 nitrogen and oxygen atoms in total. The molecule has 0 spiro atoms. The summed E-state index contributed by atoms with van der Waals surface area (Å²) < 4.78 is 0. The molecular weight excluding hydrogens is 450 g/mol. The van der Waals surface area contributed by atoms with Gasteiger partial charge in [0.25, 0.3) is 0 Å². The number of rotatable bonds is 5. The van der Waals surface area contributed by atoms with E-state index in [0.29, 0.717) is 0 Å². The van der Waals surface area contributed by atoms with Crippen LogP contribution in [0, 0.1) is 5.92 Å². The van der Waals surface area contributed by atoms with Gasteiger partial charge in [0.05, 0.1) is 0 Å². The van der Waals surface area contributed by atoms with Crippen molar-refractivity contribution in [1.82, 2.24) is 0 Å². The SMILES string of the molecule is CCCc1ccc(-c2cccc3[cH-]c(CC4CCCC4)cc23)cc1.[Cl][Zr][Cl]. The molecule has 0 heterocycles. The maximum atomic E-state index is 4.93. The molecule has 1 fully saturated rings. The van der Waals surface area contributed by atoms with Gasteiger partial charge in [-0.15, -0.1) is 34.5 Å². The van der Waals surface area contributed by atoms with Crippen molar-refractivity contribution in [1.29, 1.82) is 0 Å². The number of halogens is 2. The third kappa shape index (κ3) is 5.75. The number of hydrogen-bond donors (Lipinski definition) is 0. The van der Waals surface area contributed by atoms with Gasteiger partial charge in [-0.3, -0.25) is 0 Å². The average molecular weight is 478 g/mol. The summed E-state index contributed by atoms with van der Waals surface area (Å²) in [5.41, 5.74) is 5.71. The third-order valence-electron chi connectivity index (χ3n) is 5.61. The minimum atomic E-state index is -0.826. The molecule has 0 amide bonds. The van der Waals surface area contributed by atoms with Gasteiger partial charge in [0.1, 0.15) is 0 Å². The van der Waals surface area contributed by atoms with Crippen LogP contribution in [0.3, 0.4) is 0 Å². The normalized spacial score (nSPS) is 14.2. The molecule has 0 saturated heterocycles. The molecule has 3 aromatic carbocycles. The summed E-state index contributed by atoms with van der Waals surface area (Å²) in [5.74, 6) is 0.915. The van der Waals surface area contributed by atoms with Gasteiger partial charge >= 0.3 is 37.9 Å². The van der Waals surface area contributed by atoms with Crippen molar-refractivity contribution in [3.8, 4) is 11.1 Å². The van der Waals surface area contributed by atoms with Crippen LogP contribution in [0.15, 0.2) is 54.6 Å². The third-order valence-corrected chi connectivity index (χ3v) is 5.61. The fraction of sp³-hybridized carbons (Fsp3) is 0.375. The van der Waals surface area contributed by atoms with E-state index in [-0.39, 0.29) is 0 Å². The maximum absolute atomic E-state index is 4.93. The van der Waals surface area contributed by atoms with Crippen LogP contribution in [0.2, 0.25) is 0 Å². The number of aryl methyl sites for hydroxylation is 1. The van der Waals surface area contributed by atoms with Gasteiger partial charge in [-0.1, -0.05) is 74.9 Å². The van der Waals surface area contributed by atoms with Crippen molar-refractivity contribution >= 4 is 27.8 Å². The van der Waals surface area contributed by atoms with E-state index in [1.54, 1.807) is 0 Å². The monoisotopic (exact) mass is 475 g/mol. The number of benzene rings is 2. The van der Waals surface area contributed by atoms with Gasteiger partial charge in [0.15, 0.2) is 0 Å². The van der Waals surface area contributed by atoms with Crippen molar-refractivity contribution in [3.05, 3.63) is 65.7 Å². The van der Waals surface area contributed by atoms with Crippen molar-refractivity contribution in [2.24, 2.45) is 5.92 Å². The predicted octanol–water partition coefficient (Wildman–Crippen LogP) is 8.29. The van der Waals surface area contributed by atoms with Gasteiger partial charge in [0.2, 0.25) is 0 Å². The van der Waals surface area contributed by atoms with Crippen LogP contribution in [-0.4, -0.2) is 0 Å². The van der Waals surface area contributed by atoms with Crippen LogP contribution in [-0.2, 0) is 33.7 Å². The quantitative estimate of drug-likeness (QED) is 0.324. The Labute approximate surface area is 182 Å². The summed E-state index contributed by atoms with van der Waals surface area (Å²) in [4.78, 5) is 0. The van der Waals surface area contributed by atoms with Crippen LogP contribution in [0.4, 0.5) is 0 Å². The first-order valence-corrected chi connectivity index (χ1v) is 16.3. The van der Waals surface area contributed by atoms with Gasteiger partial charge < -0.3 is 0 Å². The number of fused-ring (bicyclic) bond motifs is 1. The Bertz CT molecular complexity index is 829. The van der Waals surface area contributed by atoms with E-state index in [4.69, 9.17) is 17.0 Å². The molecule has 0 N–H and O–H groups in total. The molecule has 0 aliphatic heterocycles. The molecule has 142 valence electrons. The van der Waals surface area contributed by atoms with Crippen molar-refractivity contribution < 1.29 is 20.8 Å². The van der Waals surface area contributed by atoms with Crippen LogP contribution in [0.1, 0.15) is 50.2 Å². The summed E-state index contributed by atoms with van der Waals surface area (Å²) >= 11 is -0.826. The molecule has 1 aliphatic rings. The van der Waals surface area contributed by atoms with Crippen molar-refractivity contribution in [2.75, 3.05) is 0 Å². The van der Waals surface area contributed by atoms with Crippen LogP contribution in [0.5, 0.6) is 0 Å². The average Bonchev–Trinajstić information content (AvgIpc) is 3.32. The fourth-order valence-electron chi connectivity index (χ4n) is 4.35. The molecule has 27 heavy (non-hydrogen) atoms. The first-order valence-electron chi connectivity index (χ1n) is 9.99. The Morgan fingerprint density at radius 2 is 1.74 bits per heavy atom. The zero-order valence-electron chi connectivity index (χ0n) is 16.0. The van der Waals surface area contributed by atoms with Gasteiger partial charge in [-0.25, -0.2) is 0 Å². The molecular formula is C24H27Cl2Zr-. The summed E-state index contributed by atoms with van der Waals surface area (Å²) in [7, 11) is 9.87. The van der Waals surface area contributed by atoms with E-state index < -0.39 is 20.8 Å². The van der Waals surface area contributed by atoms with Gasteiger partial charge in [-0.2, -0.15) is 6.07 Å². The van der Waals surface area contributed by atoms with Crippen LogP contribution < -0.4 is 0 Å². The van der Waals surface area contributed by atoms with Gasteiger partial charge in [-0.05, 0) is 29.9 Å². The molecule has 0 unspecified atom stereocenters. The zero-order valence-corrected chi connectivity index (χ0v) is 19.9. The molecule has 4 rings (SSSR count). The van der Waals surface area contributed by atoms with E-state index in [1.807, 2.05) is 0 Å². The fourth-order valence-corrected chi connectivity index (χ4v) is 4.35. The first-order chi connectivity index (χ1) is 13.2. The van der Waals surface area contributed by atoms with Crippen LogP contribution in [0.25, 0.3) is 21.9 Å². The first kappa shape index (κ1) is 21.2. The summed E-state index contributed by atoms with van der Waals surface area (Å²) in [6, 6.07) is 20.8. The summed E-state index contributed by atoms with van der Waals surface area (Å²) in [6.45, 7) is 2.24. The second-order valence-electron chi connectivity index (χ2n) is 7.55. The predicted molar refractivity (Wildman–Crippen MR) is 116 cm³/mol. The van der Waals surface area contributed by atoms with E-state index in [0.717, 1.165) is 5.92 Å². The Balaban J connectivity index is 0.000000659. The Hall–Kier alpha value is -0.487. The zero-order chi connectivity index (χ0) is 19.1. The summed E-state index contributed by atoms with van der Waals surface area (Å²) in [6.07, 6.45) is 9.36.